The van der Waals surface area contributed by atoms with Gasteiger partial charge < -0.3 is 9.42 Å². The Balaban J connectivity index is 1.31. The van der Waals surface area contributed by atoms with E-state index in [1.807, 2.05) is 6.92 Å². The molecule has 2 fully saturated rings. The third kappa shape index (κ3) is 3.43. The molecular formula is C18H25N5O. The van der Waals surface area contributed by atoms with Crippen molar-refractivity contribution < 1.29 is 4.52 Å². The van der Waals surface area contributed by atoms with Gasteiger partial charge in [0.15, 0.2) is 0 Å². The fourth-order valence-corrected chi connectivity index (χ4v) is 3.48. The normalized spacial score (nSPS) is 19.6. The molecule has 0 N–H and O–H groups in total. The third-order valence-corrected chi connectivity index (χ3v) is 5.20. The van der Waals surface area contributed by atoms with Crippen molar-refractivity contribution in [2.75, 3.05) is 25.0 Å². The lowest BCUT2D eigenvalue weighted by Gasteiger charge is -2.37. The third-order valence-electron chi connectivity index (χ3n) is 5.20. The summed E-state index contributed by atoms with van der Waals surface area (Å²) in [5, 5.41) is 4.24. The van der Waals surface area contributed by atoms with E-state index in [0.717, 1.165) is 55.4 Å². The first-order valence-electron chi connectivity index (χ1n) is 8.88. The predicted molar refractivity (Wildman–Crippen MR) is 91.9 cm³/mol. The summed E-state index contributed by atoms with van der Waals surface area (Å²) in [6, 6.07) is 4.75. The number of likely N-dealkylation sites (tertiary alicyclic amines) is 1. The van der Waals surface area contributed by atoms with Crippen LogP contribution in [-0.4, -0.2) is 46.2 Å². The molecular weight excluding hydrogens is 302 g/mol. The number of hydrogen-bond donors (Lipinski definition) is 0. The average molecular weight is 327 g/mol. The maximum absolute atomic E-state index is 5.46. The van der Waals surface area contributed by atoms with E-state index in [2.05, 4.69) is 44.1 Å². The predicted octanol–water partition coefficient (Wildman–Crippen LogP) is 2.75. The molecule has 1 saturated carbocycles. The molecule has 2 aromatic heterocycles. The van der Waals surface area contributed by atoms with Gasteiger partial charge in [-0.05, 0) is 32.6 Å². The Bertz CT molecular complexity index is 688. The molecule has 1 aliphatic heterocycles. The fourth-order valence-electron chi connectivity index (χ4n) is 3.48. The van der Waals surface area contributed by atoms with E-state index in [9.17, 15) is 0 Å². The van der Waals surface area contributed by atoms with Gasteiger partial charge in [-0.2, -0.15) is 0 Å². The number of rotatable bonds is 5. The number of piperidine rings is 1. The first kappa shape index (κ1) is 15.6. The first-order chi connectivity index (χ1) is 11.7. The van der Waals surface area contributed by atoms with E-state index < -0.39 is 0 Å². The van der Waals surface area contributed by atoms with Crippen LogP contribution < -0.4 is 4.90 Å². The number of aromatic nitrogens is 3. The van der Waals surface area contributed by atoms with Crippen LogP contribution in [0.15, 0.2) is 23.0 Å². The highest BCUT2D eigenvalue weighted by Gasteiger charge is 2.29. The van der Waals surface area contributed by atoms with Crippen molar-refractivity contribution in [2.24, 2.45) is 0 Å². The lowest BCUT2D eigenvalue weighted by molar-refractivity contribution is 0.198. The van der Waals surface area contributed by atoms with Crippen LogP contribution in [0.5, 0.6) is 0 Å². The summed E-state index contributed by atoms with van der Waals surface area (Å²) in [5.41, 5.74) is 2.09. The molecule has 4 rings (SSSR count). The van der Waals surface area contributed by atoms with Crippen LogP contribution in [0.3, 0.4) is 0 Å². The Labute approximate surface area is 142 Å². The van der Waals surface area contributed by atoms with E-state index >= 15 is 0 Å². The molecule has 0 unspecified atom stereocenters. The first-order valence-corrected chi connectivity index (χ1v) is 8.88. The van der Waals surface area contributed by atoms with Gasteiger partial charge in [-0.25, -0.2) is 9.97 Å². The highest BCUT2D eigenvalue weighted by atomic mass is 16.5. The molecule has 6 nitrogen and oxygen atoms in total. The molecule has 0 bridgehead atoms. The maximum atomic E-state index is 5.46. The summed E-state index contributed by atoms with van der Waals surface area (Å²) >= 11 is 0. The second-order valence-electron chi connectivity index (χ2n) is 7.13. The zero-order valence-corrected chi connectivity index (χ0v) is 14.5. The Hall–Kier alpha value is -1.95. The second-order valence-corrected chi connectivity index (χ2v) is 7.13. The molecule has 2 aliphatic rings. The second kappa shape index (κ2) is 6.51. The van der Waals surface area contributed by atoms with Crippen molar-refractivity contribution in [1.82, 2.24) is 20.0 Å². The van der Waals surface area contributed by atoms with Crippen LogP contribution in [0.25, 0.3) is 0 Å². The highest BCUT2D eigenvalue weighted by Crippen LogP contribution is 2.40. The van der Waals surface area contributed by atoms with Gasteiger partial charge in [0.25, 0.3) is 0 Å². The van der Waals surface area contributed by atoms with E-state index in [1.165, 1.54) is 12.8 Å². The quantitative estimate of drug-likeness (QED) is 0.841. The van der Waals surface area contributed by atoms with Crippen molar-refractivity contribution in [3.8, 4) is 0 Å². The van der Waals surface area contributed by atoms with Gasteiger partial charge in [0.1, 0.15) is 17.9 Å². The van der Waals surface area contributed by atoms with Crippen molar-refractivity contribution >= 4 is 5.82 Å². The van der Waals surface area contributed by atoms with Crippen LogP contribution in [0.2, 0.25) is 0 Å². The molecule has 128 valence electrons. The van der Waals surface area contributed by atoms with Crippen LogP contribution in [0, 0.1) is 6.92 Å². The summed E-state index contributed by atoms with van der Waals surface area (Å²) in [7, 11) is 2.14. The van der Waals surface area contributed by atoms with Gasteiger partial charge in [0.05, 0.1) is 5.69 Å². The van der Waals surface area contributed by atoms with Crippen LogP contribution in [-0.2, 0) is 6.54 Å². The molecule has 0 atom stereocenters. The summed E-state index contributed by atoms with van der Waals surface area (Å²) in [4.78, 5) is 13.4. The lowest BCUT2D eigenvalue weighted by Crippen LogP contribution is -2.43. The minimum absolute atomic E-state index is 0.537. The van der Waals surface area contributed by atoms with Crippen molar-refractivity contribution in [1.29, 1.82) is 0 Å². The van der Waals surface area contributed by atoms with Crippen LogP contribution in [0.1, 0.15) is 48.7 Å². The van der Waals surface area contributed by atoms with E-state index in [4.69, 9.17) is 4.52 Å². The average Bonchev–Trinajstić information content (AvgIpc) is 3.35. The van der Waals surface area contributed by atoms with Gasteiger partial charge in [0.2, 0.25) is 0 Å². The minimum atomic E-state index is 0.537. The number of aryl methyl sites for hydroxylation is 1. The maximum Gasteiger partial charge on any atom is 0.140 e. The summed E-state index contributed by atoms with van der Waals surface area (Å²) in [6.07, 6.45) is 6.46. The van der Waals surface area contributed by atoms with Crippen LogP contribution in [0.4, 0.5) is 5.82 Å². The Morgan fingerprint density at radius 3 is 2.67 bits per heavy atom. The number of nitrogens with zero attached hydrogens (tertiary/aromatic N) is 5. The molecule has 0 radical (unpaired) electrons. The molecule has 1 saturated heterocycles. The minimum Gasteiger partial charge on any atom is -0.361 e. The SMILES string of the molecule is Cc1cc(N(C)C2CCN(Cc3cc(C4CC4)on3)CC2)ncn1. The van der Waals surface area contributed by atoms with E-state index in [1.54, 1.807) is 6.33 Å². The lowest BCUT2D eigenvalue weighted by atomic mass is 10.0. The molecule has 2 aromatic rings. The van der Waals surface area contributed by atoms with Crippen LogP contribution >= 0.6 is 0 Å². The van der Waals surface area contributed by atoms with E-state index in [0.29, 0.717) is 12.0 Å². The number of hydrogen-bond acceptors (Lipinski definition) is 6. The largest absolute Gasteiger partial charge is 0.361 e. The van der Waals surface area contributed by atoms with Gasteiger partial charge in [-0.15, -0.1) is 0 Å². The zero-order chi connectivity index (χ0) is 16.5. The Morgan fingerprint density at radius 2 is 1.96 bits per heavy atom. The van der Waals surface area contributed by atoms with Gasteiger partial charge in [0, 0.05) is 56.5 Å². The Morgan fingerprint density at radius 1 is 1.17 bits per heavy atom. The van der Waals surface area contributed by atoms with Crippen molar-refractivity contribution in [2.45, 2.75) is 51.1 Å². The smallest absolute Gasteiger partial charge is 0.140 e. The van der Waals surface area contributed by atoms with Gasteiger partial charge in [-0.3, -0.25) is 4.90 Å². The molecule has 6 heteroatoms. The zero-order valence-electron chi connectivity index (χ0n) is 14.5. The monoisotopic (exact) mass is 327 g/mol. The highest BCUT2D eigenvalue weighted by molar-refractivity contribution is 5.39. The van der Waals surface area contributed by atoms with Crippen molar-refractivity contribution in [3.05, 3.63) is 35.6 Å². The summed E-state index contributed by atoms with van der Waals surface area (Å²) < 4.78 is 5.46. The molecule has 0 amide bonds. The van der Waals surface area contributed by atoms with Gasteiger partial charge >= 0.3 is 0 Å². The molecule has 0 spiro atoms. The molecule has 24 heavy (non-hydrogen) atoms. The molecule has 1 aliphatic carbocycles. The van der Waals surface area contributed by atoms with Crippen molar-refractivity contribution in [3.63, 3.8) is 0 Å². The summed E-state index contributed by atoms with van der Waals surface area (Å²) in [5.74, 6) is 2.74. The molecule has 0 aromatic carbocycles. The standard InChI is InChI=1S/C18H25N5O/c1-13-9-18(20-12-19-13)22(2)16-5-7-23(8-6-16)11-15-10-17(24-21-15)14-3-4-14/h9-10,12,14,16H,3-8,11H2,1-2H3. The molecule has 3 heterocycles. The van der Waals surface area contributed by atoms with Gasteiger partial charge in [-0.1, -0.05) is 5.16 Å². The summed E-state index contributed by atoms with van der Waals surface area (Å²) in [6.45, 7) is 5.09. The van der Waals surface area contributed by atoms with E-state index in [-0.39, 0.29) is 0 Å². The fraction of sp³-hybridized carbons (Fsp3) is 0.611. The number of anilines is 1. The Kier molecular flexibility index (Phi) is 4.22. The topological polar surface area (TPSA) is 58.3 Å².